The molecule has 0 radical (unpaired) electrons. The Morgan fingerprint density at radius 3 is 2.43 bits per heavy atom. The normalized spacial score (nSPS) is 13.6. The van der Waals surface area contributed by atoms with Crippen LogP contribution in [0.5, 0.6) is 5.75 Å². The van der Waals surface area contributed by atoms with Gasteiger partial charge in [0, 0.05) is 17.9 Å². The van der Waals surface area contributed by atoms with Crippen LogP contribution in [-0.2, 0) is 11.3 Å². The smallest absolute Gasteiger partial charge is 0.406 e. The van der Waals surface area contributed by atoms with Crippen molar-refractivity contribution < 1.29 is 22.7 Å². The van der Waals surface area contributed by atoms with Crippen LogP contribution in [0.1, 0.15) is 24.4 Å². The van der Waals surface area contributed by atoms with E-state index in [0.29, 0.717) is 4.57 Å². The van der Waals surface area contributed by atoms with Crippen molar-refractivity contribution >= 4 is 11.6 Å². The number of ether oxygens (including phenoxy) is 1. The Morgan fingerprint density at radius 1 is 1.25 bits per heavy atom. The van der Waals surface area contributed by atoms with Crippen molar-refractivity contribution in [3.8, 4) is 11.8 Å². The van der Waals surface area contributed by atoms with E-state index in [9.17, 15) is 27.6 Å². The van der Waals surface area contributed by atoms with Gasteiger partial charge in [-0.15, -0.1) is 13.2 Å². The van der Waals surface area contributed by atoms with Crippen molar-refractivity contribution in [1.82, 2.24) is 9.13 Å². The number of benzene rings is 1. The summed E-state index contributed by atoms with van der Waals surface area (Å²) in [7, 11) is 0. The minimum absolute atomic E-state index is 0.101. The van der Waals surface area contributed by atoms with E-state index in [1.54, 1.807) is 6.07 Å². The van der Waals surface area contributed by atoms with Gasteiger partial charge >= 0.3 is 12.1 Å². The van der Waals surface area contributed by atoms with Crippen molar-refractivity contribution in [1.29, 1.82) is 5.26 Å². The first kappa shape index (κ1) is 19.2. The molecule has 1 aromatic heterocycles. The lowest BCUT2D eigenvalue weighted by Crippen LogP contribution is -2.43. The summed E-state index contributed by atoms with van der Waals surface area (Å²) in [5, 5.41) is 11.4. The van der Waals surface area contributed by atoms with Crippen LogP contribution in [0.15, 0.2) is 40.1 Å². The molecule has 0 spiro atoms. The Morgan fingerprint density at radius 2 is 1.89 bits per heavy atom. The van der Waals surface area contributed by atoms with Gasteiger partial charge in [-0.2, -0.15) is 5.26 Å². The van der Waals surface area contributed by atoms with Gasteiger partial charge in [0.2, 0.25) is 5.91 Å². The molecule has 0 unspecified atom stereocenters. The average molecular weight is 394 g/mol. The standard InChI is InChI=1S/C17H13F3N4O4/c18-17(19,20)28-13-5-1-11(2-6-13)22-14(25)9-24-15(26)10(7-21)8-23(16(24)27)12-3-4-12/h1-2,5-6,8,12H,3-4,9H2,(H,22,25). The number of amides is 1. The second-order valence-electron chi connectivity index (χ2n) is 6.09. The number of nitriles is 1. The fourth-order valence-corrected chi connectivity index (χ4v) is 2.54. The number of nitrogens with one attached hydrogen (secondary N) is 1. The number of nitrogens with zero attached hydrogens (tertiary/aromatic N) is 3. The Labute approximate surface area is 155 Å². The molecule has 1 aromatic carbocycles. The van der Waals surface area contributed by atoms with E-state index in [1.165, 1.54) is 22.9 Å². The number of aromatic nitrogens is 2. The summed E-state index contributed by atoms with van der Waals surface area (Å²) < 4.78 is 42.1. The first-order chi connectivity index (χ1) is 13.2. The maximum Gasteiger partial charge on any atom is 0.573 e. The van der Waals surface area contributed by atoms with E-state index in [-0.39, 0.29) is 17.3 Å². The molecule has 0 bridgehead atoms. The third kappa shape index (κ3) is 4.40. The lowest BCUT2D eigenvalue weighted by Gasteiger charge is -2.11. The Kier molecular flexibility index (Phi) is 4.96. The summed E-state index contributed by atoms with van der Waals surface area (Å²) in [4.78, 5) is 36.8. The van der Waals surface area contributed by atoms with Gasteiger partial charge in [-0.25, -0.2) is 9.36 Å². The fraction of sp³-hybridized carbons (Fsp3) is 0.294. The molecule has 8 nitrogen and oxygen atoms in total. The van der Waals surface area contributed by atoms with Crippen LogP contribution in [0.3, 0.4) is 0 Å². The molecule has 11 heteroatoms. The first-order valence-electron chi connectivity index (χ1n) is 8.09. The van der Waals surface area contributed by atoms with Crippen LogP contribution in [0.4, 0.5) is 18.9 Å². The van der Waals surface area contributed by atoms with E-state index in [4.69, 9.17) is 5.26 Å². The lowest BCUT2D eigenvalue weighted by molar-refractivity contribution is -0.274. The van der Waals surface area contributed by atoms with Crippen LogP contribution in [0.25, 0.3) is 0 Å². The van der Waals surface area contributed by atoms with E-state index in [2.05, 4.69) is 10.1 Å². The maximum atomic E-state index is 12.4. The van der Waals surface area contributed by atoms with Gasteiger partial charge in [-0.05, 0) is 37.1 Å². The number of rotatable bonds is 5. The Balaban J connectivity index is 1.77. The summed E-state index contributed by atoms with van der Waals surface area (Å²) in [6, 6.07) is 5.97. The van der Waals surface area contributed by atoms with Crippen molar-refractivity contribution in [2.45, 2.75) is 31.8 Å². The fourth-order valence-electron chi connectivity index (χ4n) is 2.54. The third-order valence-electron chi connectivity index (χ3n) is 3.93. The van der Waals surface area contributed by atoms with Crippen LogP contribution < -0.4 is 21.3 Å². The molecule has 1 amide bonds. The highest BCUT2D eigenvalue weighted by molar-refractivity contribution is 5.90. The van der Waals surface area contributed by atoms with Crippen LogP contribution in [0.2, 0.25) is 0 Å². The van der Waals surface area contributed by atoms with E-state index >= 15 is 0 Å². The maximum absolute atomic E-state index is 12.4. The molecule has 1 aliphatic carbocycles. The van der Waals surface area contributed by atoms with Crippen molar-refractivity contribution in [2.24, 2.45) is 0 Å². The highest BCUT2D eigenvalue weighted by Gasteiger charge is 2.31. The van der Waals surface area contributed by atoms with Gasteiger partial charge < -0.3 is 10.1 Å². The van der Waals surface area contributed by atoms with E-state index in [0.717, 1.165) is 25.0 Å². The molecule has 1 heterocycles. The monoisotopic (exact) mass is 394 g/mol. The SMILES string of the molecule is N#Cc1cn(C2CC2)c(=O)n(CC(=O)Nc2ccc(OC(F)(F)F)cc2)c1=O. The Bertz CT molecular complexity index is 1060. The number of anilines is 1. The summed E-state index contributed by atoms with van der Waals surface area (Å²) in [6.45, 7) is -0.638. The molecule has 1 aliphatic rings. The second kappa shape index (κ2) is 7.22. The van der Waals surface area contributed by atoms with Crippen LogP contribution in [0, 0.1) is 11.3 Å². The molecule has 2 aromatic rings. The summed E-state index contributed by atoms with van der Waals surface area (Å²) in [5.74, 6) is -1.21. The second-order valence-corrected chi connectivity index (χ2v) is 6.09. The third-order valence-corrected chi connectivity index (χ3v) is 3.93. The molecule has 1 fully saturated rings. The zero-order valence-corrected chi connectivity index (χ0v) is 14.2. The highest BCUT2D eigenvalue weighted by atomic mass is 19.4. The molecule has 1 N–H and O–H groups in total. The first-order valence-corrected chi connectivity index (χ1v) is 8.09. The van der Waals surface area contributed by atoms with Crippen LogP contribution in [-0.4, -0.2) is 21.4 Å². The molecular formula is C17H13F3N4O4. The molecule has 146 valence electrons. The largest absolute Gasteiger partial charge is 0.573 e. The summed E-state index contributed by atoms with van der Waals surface area (Å²) in [5.41, 5.74) is -1.69. The van der Waals surface area contributed by atoms with Gasteiger partial charge in [-0.1, -0.05) is 0 Å². The van der Waals surface area contributed by atoms with Crippen LogP contribution >= 0.6 is 0 Å². The zero-order chi connectivity index (χ0) is 20.5. The predicted molar refractivity (Wildman–Crippen MR) is 89.7 cm³/mol. The molecule has 1 saturated carbocycles. The molecular weight excluding hydrogens is 381 g/mol. The van der Waals surface area contributed by atoms with Crippen molar-refractivity contribution in [3.05, 3.63) is 56.9 Å². The van der Waals surface area contributed by atoms with Gasteiger partial charge in [0.05, 0.1) is 0 Å². The molecule has 0 saturated heterocycles. The van der Waals surface area contributed by atoms with Gasteiger partial charge in [0.15, 0.2) is 0 Å². The number of carbonyl (C=O) groups is 1. The number of hydrogen-bond acceptors (Lipinski definition) is 5. The molecule has 0 atom stereocenters. The average Bonchev–Trinajstić information content (AvgIpc) is 3.44. The van der Waals surface area contributed by atoms with Gasteiger partial charge in [-0.3, -0.25) is 14.2 Å². The van der Waals surface area contributed by atoms with E-state index < -0.39 is 35.8 Å². The topological polar surface area (TPSA) is 106 Å². The molecule has 0 aliphatic heterocycles. The number of hydrogen-bond donors (Lipinski definition) is 1. The quantitative estimate of drug-likeness (QED) is 0.832. The Hall–Kier alpha value is -3.55. The highest BCUT2D eigenvalue weighted by Crippen LogP contribution is 2.33. The van der Waals surface area contributed by atoms with Gasteiger partial charge in [0.25, 0.3) is 5.56 Å². The summed E-state index contributed by atoms with van der Waals surface area (Å²) >= 11 is 0. The number of carbonyl (C=O) groups excluding carboxylic acids is 1. The minimum Gasteiger partial charge on any atom is -0.406 e. The van der Waals surface area contributed by atoms with Crippen molar-refractivity contribution in [3.63, 3.8) is 0 Å². The van der Waals surface area contributed by atoms with Crippen molar-refractivity contribution in [2.75, 3.05) is 5.32 Å². The molecule has 28 heavy (non-hydrogen) atoms. The van der Waals surface area contributed by atoms with E-state index in [1.807, 2.05) is 0 Å². The number of halogens is 3. The number of alkyl halides is 3. The predicted octanol–water partition coefficient (Wildman–Crippen LogP) is 1.75. The van der Waals surface area contributed by atoms with Gasteiger partial charge in [0.1, 0.15) is 23.9 Å². The minimum atomic E-state index is -4.83. The zero-order valence-electron chi connectivity index (χ0n) is 14.2. The lowest BCUT2D eigenvalue weighted by atomic mass is 10.3. The summed E-state index contributed by atoms with van der Waals surface area (Å²) in [6.07, 6.45) is -2.17. The molecule has 3 rings (SSSR count).